The maximum absolute atomic E-state index is 4.44. The number of anilines is 2. The number of aromatic nitrogens is 2. The topological polar surface area (TPSA) is 49.8 Å². The minimum absolute atomic E-state index is 0.446. The summed E-state index contributed by atoms with van der Waals surface area (Å²) in [6.45, 7) is 9.74. The Morgan fingerprint density at radius 3 is 2.67 bits per heavy atom. The summed E-state index contributed by atoms with van der Waals surface area (Å²) in [6.07, 6.45) is 5.27. The van der Waals surface area contributed by atoms with Gasteiger partial charge in [0.25, 0.3) is 0 Å². The predicted octanol–water partition coefficient (Wildman–Crippen LogP) is 3.54. The zero-order valence-corrected chi connectivity index (χ0v) is 12.0. The molecule has 0 fully saturated rings. The van der Waals surface area contributed by atoms with Gasteiger partial charge in [-0.1, -0.05) is 20.8 Å². The van der Waals surface area contributed by atoms with Crippen LogP contribution in [0.1, 0.15) is 47.0 Å². The highest BCUT2D eigenvalue weighted by molar-refractivity contribution is 5.40. The van der Waals surface area contributed by atoms with Gasteiger partial charge in [0.15, 0.2) is 0 Å². The Balaban J connectivity index is 2.45. The summed E-state index contributed by atoms with van der Waals surface area (Å²) < 4.78 is 0. The van der Waals surface area contributed by atoms with Crippen LogP contribution in [0.25, 0.3) is 0 Å². The van der Waals surface area contributed by atoms with E-state index >= 15 is 0 Å². The van der Waals surface area contributed by atoms with E-state index in [9.17, 15) is 0 Å². The van der Waals surface area contributed by atoms with Gasteiger partial charge in [0.2, 0.25) is 5.95 Å². The fraction of sp³-hybridized carbons (Fsp3) is 0.714. The average Bonchev–Trinajstić information content (AvgIpc) is 2.34. The molecule has 0 aromatic carbocycles. The quantitative estimate of drug-likeness (QED) is 0.741. The lowest BCUT2D eigenvalue weighted by Crippen LogP contribution is -2.17. The third-order valence-corrected chi connectivity index (χ3v) is 2.76. The Hall–Kier alpha value is -1.32. The molecular weight excluding hydrogens is 224 g/mol. The van der Waals surface area contributed by atoms with Crippen molar-refractivity contribution in [2.75, 3.05) is 17.2 Å². The number of nitrogens with one attached hydrogen (secondary N) is 2. The lowest BCUT2D eigenvalue weighted by Gasteiger charge is -2.16. The van der Waals surface area contributed by atoms with E-state index in [0.717, 1.165) is 24.7 Å². The van der Waals surface area contributed by atoms with Crippen molar-refractivity contribution in [3.05, 3.63) is 12.3 Å². The van der Waals surface area contributed by atoms with Gasteiger partial charge >= 0.3 is 0 Å². The first-order chi connectivity index (χ1) is 8.61. The smallest absolute Gasteiger partial charge is 0.224 e. The van der Waals surface area contributed by atoms with Gasteiger partial charge in [-0.25, -0.2) is 4.98 Å². The molecule has 0 saturated heterocycles. The molecule has 1 aromatic rings. The van der Waals surface area contributed by atoms with Crippen molar-refractivity contribution in [2.24, 2.45) is 5.92 Å². The third-order valence-electron chi connectivity index (χ3n) is 2.76. The largest absolute Gasteiger partial charge is 0.367 e. The standard InChI is InChI=1S/C14H26N4/c1-5-9-15-14-16-10-8-13(18-14)17-12(4)7-6-11(2)3/h8,10-12H,5-7,9H2,1-4H3,(H2,15,16,17,18). The molecule has 18 heavy (non-hydrogen) atoms. The van der Waals surface area contributed by atoms with Crippen LogP contribution in [0.2, 0.25) is 0 Å². The number of rotatable bonds is 8. The first-order valence-electron chi connectivity index (χ1n) is 6.95. The van der Waals surface area contributed by atoms with Crippen molar-refractivity contribution in [1.29, 1.82) is 0 Å². The summed E-state index contributed by atoms with van der Waals surface area (Å²) in [5.74, 6) is 2.36. The van der Waals surface area contributed by atoms with E-state index in [-0.39, 0.29) is 0 Å². The first kappa shape index (κ1) is 14.7. The molecule has 1 atom stereocenters. The zero-order valence-electron chi connectivity index (χ0n) is 12.0. The zero-order chi connectivity index (χ0) is 13.4. The van der Waals surface area contributed by atoms with Gasteiger partial charge in [0, 0.05) is 18.8 Å². The van der Waals surface area contributed by atoms with Crippen molar-refractivity contribution in [1.82, 2.24) is 9.97 Å². The minimum atomic E-state index is 0.446. The third kappa shape index (κ3) is 5.84. The molecule has 2 N–H and O–H groups in total. The van der Waals surface area contributed by atoms with Gasteiger partial charge in [-0.2, -0.15) is 4.98 Å². The fourth-order valence-corrected chi connectivity index (χ4v) is 1.67. The maximum atomic E-state index is 4.44. The molecule has 1 rings (SSSR count). The van der Waals surface area contributed by atoms with Crippen molar-refractivity contribution in [3.8, 4) is 0 Å². The van der Waals surface area contributed by atoms with Crippen LogP contribution in [-0.4, -0.2) is 22.6 Å². The van der Waals surface area contributed by atoms with Crippen LogP contribution >= 0.6 is 0 Å². The van der Waals surface area contributed by atoms with Gasteiger partial charge in [-0.15, -0.1) is 0 Å². The van der Waals surface area contributed by atoms with Gasteiger partial charge < -0.3 is 10.6 Å². The highest BCUT2D eigenvalue weighted by Gasteiger charge is 2.05. The Bertz CT molecular complexity index is 338. The molecule has 4 heteroatoms. The van der Waals surface area contributed by atoms with Crippen LogP contribution < -0.4 is 10.6 Å². The molecular formula is C14H26N4. The summed E-state index contributed by atoms with van der Waals surface area (Å²) in [5.41, 5.74) is 0. The highest BCUT2D eigenvalue weighted by atomic mass is 15.1. The lowest BCUT2D eigenvalue weighted by atomic mass is 10.0. The number of hydrogen-bond donors (Lipinski definition) is 2. The van der Waals surface area contributed by atoms with E-state index in [4.69, 9.17) is 0 Å². The molecule has 0 bridgehead atoms. The van der Waals surface area contributed by atoms with Gasteiger partial charge in [0.1, 0.15) is 5.82 Å². The number of nitrogens with zero attached hydrogens (tertiary/aromatic N) is 2. The summed E-state index contributed by atoms with van der Waals surface area (Å²) in [5, 5.41) is 6.62. The van der Waals surface area contributed by atoms with E-state index in [1.165, 1.54) is 12.8 Å². The lowest BCUT2D eigenvalue weighted by molar-refractivity contribution is 0.527. The predicted molar refractivity (Wildman–Crippen MR) is 78.0 cm³/mol. The Kier molecular flexibility index (Phi) is 6.47. The SMILES string of the molecule is CCCNc1nccc(NC(C)CCC(C)C)n1. The van der Waals surface area contributed by atoms with E-state index in [2.05, 4.69) is 48.3 Å². The second kappa shape index (κ2) is 7.90. The maximum Gasteiger partial charge on any atom is 0.224 e. The molecule has 102 valence electrons. The van der Waals surface area contributed by atoms with Crippen LogP contribution in [0.3, 0.4) is 0 Å². The Morgan fingerprint density at radius 2 is 2.00 bits per heavy atom. The van der Waals surface area contributed by atoms with Crippen molar-refractivity contribution < 1.29 is 0 Å². The minimum Gasteiger partial charge on any atom is -0.367 e. The summed E-state index contributed by atoms with van der Waals surface area (Å²) in [7, 11) is 0. The molecule has 1 heterocycles. The number of hydrogen-bond acceptors (Lipinski definition) is 4. The summed E-state index contributed by atoms with van der Waals surface area (Å²) in [4.78, 5) is 8.64. The molecule has 0 aliphatic heterocycles. The van der Waals surface area contributed by atoms with E-state index in [1.807, 2.05) is 6.07 Å². The Morgan fingerprint density at radius 1 is 1.22 bits per heavy atom. The Labute approximate surface area is 111 Å². The van der Waals surface area contributed by atoms with Crippen LogP contribution in [0.4, 0.5) is 11.8 Å². The van der Waals surface area contributed by atoms with Crippen LogP contribution in [0.5, 0.6) is 0 Å². The summed E-state index contributed by atoms with van der Waals surface area (Å²) >= 11 is 0. The molecule has 0 saturated carbocycles. The molecule has 4 nitrogen and oxygen atoms in total. The van der Waals surface area contributed by atoms with E-state index in [0.29, 0.717) is 12.0 Å². The molecule has 0 spiro atoms. The van der Waals surface area contributed by atoms with Crippen molar-refractivity contribution in [2.45, 2.75) is 53.0 Å². The van der Waals surface area contributed by atoms with Crippen molar-refractivity contribution in [3.63, 3.8) is 0 Å². The monoisotopic (exact) mass is 250 g/mol. The molecule has 0 amide bonds. The molecule has 1 aromatic heterocycles. The van der Waals surface area contributed by atoms with Gasteiger partial charge in [0.05, 0.1) is 0 Å². The van der Waals surface area contributed by atoms with Crippen LogP contribution in [0, 0.1) is 5.92 Å². The average molecular weight is 250 g/mol. The molecule has 1 unspecified atom stereocenters. The summed E-state index contributed by atoms with van der Waals surface area (Å²) in [6, 6.07) is 2.37. The first-order valence-corrected chi connectivity index (χ1v) is 6.95. The highest BCUT2D eigenvalue weighted by Crippen LogP contribution is 2.12. The molecule has 0 aliphatic rings. The normalized spacial score (nSPS) is 12.5. The molecule has 0 aliphatic carbocycles. The van der Waals surface area contributed by atoms with Crippen molar-refractivity contribution >= 4 is 11.8 Å². The van der Waals surface area contributed by atoms with Gasteiger partial charge in [-0.05, 0) is 38.2 Å². The second-order valence-electron chi connectivity index (χ2n) is 5.21. The fourth-order valence-electron chi connectivity index (χ4n) is 1.67. The van der Waals surface area contributed by atoms with E-state index in [1.54, 1.807) is 6.20 Å². The molecule has 0 radical (unpaired) electrons. The van der Waals surface area contributed by atoms with E-state index < -0.39 is 0 Å². The van der Waals surface area contributed by atoms with Crippen LogP contribution in [-0.2, 0) is 0 Å². The second-order valence-corrected chi connectivity index (χ2v) is 5.21. The van der Waals surface area contributed by atoms with Gasteiger partial charge in [-0.3, -0.25) is 0 Å². The van der Waals surface area contributed by atoms with Crippen LogP contribution in [0.15, 0.2) is 12.3 Å².